The molecule has 1 aromatic rings. The number of aliphatic hydroxyl groups is 1. The van der Waals surface area contributed by atoms with Gasteiger partial charge in [0.15, 0.2) is 0 Å². The predicted molar refractivity (Wildman–Crippen MR) is 92.2 cm³/mol. The van der Waals surface area contributed by atoms with Gasteiger partial charge in [0.2, 0.25) is 5.91 Å². The molecule has 124 valence electrons. The van der Waals surface area contributed by atoms with Crippen molar-refractivity contribution in [3.05, 3.63) is 29.8 Å². The maximum Gasteiger partial charge on any atom is 0.225 e. The molecule has 2 atom stereocenters. The first kappa shape index (κ1) is 18.7. The molecule has 1 amide bonds. The normalized spacial score (nSPS) is 15.4. The van der Waals surface area contributed by atoms with E-state index >= 15 is 0 Å². The van der Waals surface area contributed by atoms with Gasteiger partial charge < -0.3 is 15.7 Å². The number of benzene rings is 1. The van der Waals surface area contributed by atoms with E-state index in [0.29, 0.717) is 12.3 Å². The summed E-state index contributed by atoms with van der Waals surface area (Å²) in [5, 5.41) is 15.8. The number of hydrogen-bond acceptors (Lipinski definition) is 3. The molecule has 0 radical (unpaired) electrons. The Morgan fingerprint density at radius 3 is 2.45 bits per heavy atom. The fraction of sp³-hybridized carbons (Fsp3) is 0.611. The molecule has 0 fully saturated rings. The van der Waals surface area contributed by atoms with Crippen LogP contribution >= 0.6 is 0 Å². The first-order valence-electron chi connectivity index (χ1n) is 8.08. The zero-order valence-corrected chi connectivity index (χ0v) is 14.4. The third-order valence-electron chi connectivity index (χ3n) is 4.07. The van der Waals surface area contributed by atoms with Crippen LogP contribution in [0.5, 0.6) is 0 Å². The average Bonchev–Trinajstić information content (AvgIpc) is 2.47. The molecule has 0 aliphatic heterocycles. The van der Waals surface area contributed by atoms with Gasteiger partial charge in [0, 0.05) is 23.7 Å². The smallest absolute Gasteiger partial charge is 0.225 e. The highest BCUT2D eigenvalue weighted by molar-refractivity contribution is 5.92. The van der Waals surface area contributed by atoms with Crippen LogP contribution in [0.1, 0.15) is 58.9 Å². The number of carbonyl (C=O) groups excluding carboxylic acids is 1. The Labute approximate surface area is 134 Å². The molecule has 0 bridgehead atoms. The van der Waals surface area contributed by atoms with Crippen LogP contribution in [-0.2, 0) is 4.79 Å². The molecular formula is C18H30N2O2. The SMILES string of the molecule is CCC(C)(CO)NC(C)CC(=O)Nc1ccccc1C(C)C. The summed E-state index contributed by atoms with van der Waals surface area (Å²) in [7, 11) is 0. The second-order valence-electron chi connectivity index (χ2n) is 6.61. The predicted octanol–water partition coefficient (Wildman–Crippen LogP) is 3.28. The fourth-order valence-electron chi connectivity index (χ4n) is 2.50. The van der Waals surface area contributed by atoms with Crippen LogP contribution in [0.2, 0.25) is 0 Å². The first-order valence-corrected chi connectivity index (χ1v) is 8.08. The molecule has 0 saturated carbocycles. The standard InChI is InChI=1S/C18H30N2O2/c1-6-18(5,12-21)20-14(4)11-17(22)19-16-10-8-7-9-15(16)13(2)3/h7-10,13-14,20-21H,6,11-12H2,1-5H3,(H,19,22). The van der Waals surface area contributed by atoms with Crippen molar-refractivity contribution in [3.63, 3.8) is 0 Å². The maximum atomic E-state index is 12.2. The van der Waals surface area contributed by atoms with Gasteiger partial charge in [-0.1, -0.05) is 39.0 Å². The quantitative estimate of drug-likeness (QED) is 0.691. The largest absolute Gasteiger partial charge is 0.394 e. The molecule has 1 aromatic carbocycles. The zero-order chi connectivity index (χ0) is 16.8. The minimum Gasteiger partial charge on any atom is -0.394 e. The molecule has 4 nitrogen and oxygen atoms in total. The van der Waals surface area contributed by atoms with E-state index in [-0.39, 0.29) is 24.1 Å². The third-order valence-corrected chi connectivity index (χ3v) is 4.07. The molecule has 4 heteroatoms. The van der Waals surface area contributed by atoms with Crippen molar-refractivity contribution in [1.29, 1.82) is 0 Å². The number of aliphatic hydroxyl groups excluding tert-OH is 1. The number of anilines is 1. The summed E-state index contributed by atoms with van der Waals surface area (Å²) in [6.07, 6.45) is 1.19. The number of amides is 1. The molecule has 0 aromatic heterocycles. The van der Waals surface area contributed by atoms with Crippen LogP contribution in [0.4, 0.5) is 5.69 Å². The van der Waals surface area contributed by atoms with Crippen LogP contribution < -0.4 is 10.6 Å². The van der Waals surface area contributed by atoms with Gasteiger partial charge in [-0.2, -0.15) is 0 Å². The highest BCUT2D eigenvalue weighted by Crippen LogP contribution is 2.23. The lowest BCUT2D eigenvalue weighted by molar-refractivity contribution is -0.116. The van der Waals surface area contributed by atoms with Crippen LogP contribution in [0, 0.1) is 0 Å². The Kier molecular flexibility index (Phi) is 7.04. The van der Waals surface area contributed by atoms with E-state index < -0.39 is 0 Å². The van der Waals surface area contributed by atoms with Crippen molar-refractivity contribution in [3.8, 4) is 0 Å². The summed E-state index contributed by atoms with van der Waals surface area (Å²) in [5.74, 6) is 0.356. The molecule has 0 heterocycles. The maximum absolute atomic E-state index is 12.2. The van der Waals surface area contributed by atoms with Gasteiger partial charge in [-0.25, -0.2) is 0 Å². The Hall–Kier alpha value is -1.39. The van der Waals surface area contributed by atoms with Crippen molar-refractivity contribution in [2.75, 3.05) is 11.9 Å². The van der Waals surface area contributed by atoms with E-state index in [9.17, 15) is 9.90 Å². The van der Waals surface area contributed by atoms with E-state index in [1.54, 1.807) is 0 Å². The highest BCUT2D eigenvalue weighted by atomic mass is 16.3. The van der Waals surface area contributed by atoms with Gasteiger partial charge >= 0.3 is 0 Å². The summed E-state index contributed by atoms with van der Waals surface area (Å²) in [6, 6.07) is 7.91. The molecule has 3 N–H and O–H groups in total. The summed E-state index contributed by atoms with van der Waals surface area (Å²) in [5.41, 5.74) is 1.69. The van der Waals surface area contributed by atoms with Gasteiger partial charge in [-0.3, -0.25) is 4.79 Å². The van der Waals surface area contributed by atoms with Gasteiger partial charge in [-0.15, -0.1) is 0 Å². The van der Waals surface area contributed by atoms with Crippen LogP contribution in [0.3, 0.4) is 0 Å². The second kappa shape index (κ2) is 8.30. The van der Waals surface area contributed by atoms with Crippen LogP contribution in [-0.4, -0.2) is 29.2 Å². The Balaban J connectivity index is 2.64. The summed E-state index contributed by atoms with van der Waals surface area (Å²) < 4.78 is 0. The number of para-hydroxylation sites is 1. The number of carbonyl (C=O) groups is 1. The molecule has 0 aliphatic rings. The topological polar surface area (TPSA) is 61.4 Å². The molecule has 0 saturated heterocycles. The van der Waals surface area contributed by atoms with Crippen molar-refractivity contribution in [2.45, 2.75) is 65.0 Å². The molecular weight excluding hydrogens is 276 g/mol. The third kappa shape index (κ3) is 5.43. The van der Waals surface area contributed by atoms with Crippen molar-refractivity contribution in [1.82, 2.24) is 5.32 Å². The molecule has 0 spiro atoms. The van der Waals surface area contributed by atoms with Gasteiger partial charge in [0.05, 0.1) is 6.61 Å². The lowest BCUT2D eigenvalue weighted by Gasteiger charge is -2.31. The molecule has 2 unspecified atom stereocenters. The van der Waals surface area contributed by atoms with Gasteiger partial charge in [0.25, 0.3) is 0 Å². The van der Waals surface area contributed by atoms with Gasteiger partial charge in [-0.05, 0) is 37.8 Å². The monoisotopic (exact) mass is 306 g/mol. The van der Waals surface area contributed by atoms with Crippen molar-refractivity contribution < 1.29 is 9.90 Å². The van der Waals surface area contributed by atoms with Crippen molar-refractivity contribution in [2.24, 2.45) is 0 Å². The number of nitrogens with one attached hydrogen (secondary N) is 2. The fourth-order valence-corrected chi connectivity index (χ4v) is 2.50. The van der Waals surface area contributed by atoms with Crippen LogP contribution in [0.25, 0.3) is 0 Å². The van der Waals surface area contributed by atoms with Crippen molar-refractivity contribution >= 4 is 11.6 Å². The minimum absolute atomic E-state index is 0.00307. The van der Waals surface area contributed by atoms with Gasteiger partial charge in [0.1, 0.15) is 0 Å². The Morgan fingerprint density at radius 2 is 1.91 bits per heavy atom. The first-order chi connectivity index (χ1) is 10.3. The van der Waals surface area contributed by atoms with E-state index in [4.69, 9.17) is 0 Å². The number of rotatable bonds is 8. The van der Waals surface area contributed by atoms with Crippen LogP contribution in [0.15, 0.2) is 24.3 Å². The summed E-state index contributed by atoms with van der Waals surface area (Å²) in [4.78, 5) is 12.2. The summed E-state index contributed by atoms with van der Waals surface area (Å²) in [6.45, 7) is 10.2. The molecule has 0 aliphatic carbocycles. The van der Waals surface area contributed by atoms with E-state index in [1.807, 2.05) is 45.0 Å². The highest BCUT2D eigenvalue weighted by Gasteiger charge is 2.23. The zero-order valence-electron chi connectivity index (χ0n) is 14.4. The average molecular weight is 306 g/mol. The Bertz CT molecular complexity index is 482. The number of hydrogen-bond donors (Lipinski definition) is 3. The van der Waals surface area contributed by atoms with E-state index in [0.717, 1.165) is 17.7 Å². The molecule has 1 rings (SSSR count). The van der Waals surface area contributed by atoms with E-state index in [2.05, 4.69) is 24.5 Å². The lowest BCUT2D eigenvalue weighted by Crippen LogP contribution is -2.50. The summed E-state index contributed by atoms with van der Waals surface area (Å²) >= 11 is 0. The minimum atomic E-state index is -0.338. The lowest BCUT2D eigenvalue weighted by atomic mass is 9.98. The molecule has 22 heavy (non-hydrogen) atoms. The second-order valence-corrected chi connectivity index (χ2v) is 6.61. The Morgan fingerprint density at radius 1 is 1.27 bits per heavy atom. The van der Waals surface area contributed by atoms with E-state index in [1.165, 1.54) is 0 Å².